The summed E-state index contributed by atoms with van der Waals surface area (Å²) in [4.78, 5) is 36.8. The molecule has 3 unspecified atom stereocenters. The largest absolute Gasteiger partial charge is 0.461 e. The number of esters is 2. The number of benzene rings is 2. The first kappa shape index (κ1) is 27.8. The van der Waals surface area contributed by atoms with Gasteiger partial charge in [0.05, 0.1) is 16.5 Å². The smallest absolute Gasteiger partial charge is 0.338 e. The average Bonchev–Trinajstić information content (AvgIpc) is 3.68. The summed E-state index contributed by atoms with van der Waals surface area (Å²) in [5.74, 6) is -3.29. The fourth-order valence-corrected chi connectivity index (χ4v) is 7.06. The highest BCUT2D eigenvalue weighted by Crippen LogP contribution is 2.81. The highest BCUT2D eigenvalue weighted by Gasteiger charge is 2.94. The van der Waals surface area contributed by atoms with E-state index in [2.05, 4.69) is 0 Å². The summed E-state index contributed by atoms with van der Waals surface area (Å²) in [6, 6.07) is 16.7. The first-order valence-corrected chi connectivity index (χ1v) is 13.8. The summed E-state index contributed by atoms with van der Waals surface area (Å²) < 4.78 is 23.4. The van der Waals surface area contributed by atoms with E-state index in [4.69, 9.17) is 28.6 Å². The fourth-order valence-electron chi connectivity index (χ4n) is 7.06. The van der Waals surface area contributed by atoms with Crippen molar-refractivity contribution in [3.8, 4) is 0 Å². The van der Waals surface area contributed by atoms with Crippen LogP contribution in [-0.2, 0) is 28.6 Å². The van der Waals surface area contributed by atoms with Crippen molar-refractivity contribution >= 4 is 11.9 Å². The van der Waals surface area contributed by atoms with Gasteiger partial charge in [0, 0.05) is 12.3 Å². The van der Waals surface area contributed by atoms with Crippen LogP contribution in [0.25, 0.3) is 0 Å². The molecule has 8 rings (SSSR count). The molecule has 4 heterocycles. The predicted octanol–water partition coefficient (Wildman–Crippen LogP) is 0.271. The summed E-state index contributed by atoms with van der Waals surface area (Å²) in [7, 11) is 0. The van der Waals surface area contributed by atoms with Gasteiger partial charge in [-0.3, -0.25) is 0 Å². The molecule has 2 aromatic rings. The van der Waals surface area contributed by atoms with Gasteiger partial charge in [0.2, 0.25) is 5.72 Å². The molecule has 6 aliphatic rings. The lowest BCUT2D eigenvalue weighted by Gasteiger charge is -2.73. The van der Waals surface area contributed by atoms with E-state index in [0.29, 0.717) is 5.56 Å². The van der Waals surface area contributed by atoms with Crippen molar-refractivity contribution < 1.29 is 58.6 Å². The molecule has 6 fully saturated rings. The van der Waals surface area contributed by atoms with Gasteiger partial charge in [-0.1, -0.05) is 36.4 Å². The number of ether oxygens (including phenoxy) is 4. The zero-order valence-corrected chi connectivity index (χ0v) is 22.6. The Morgan fingerprint density at radius 3 is 2.14 bits per heavy atom. The van der Waals surface area contributed by atoms with Crippen LogP contribution in [0.4, 0.5) is 0 Å². The lowest BCUT2D eigenvalue weighted by molar-refractivity contribution is -0.478. The Kier molecular flexibility index (Phi) is 6.30. The van der Waals surface area contributed by atoms with Gasteiger partial charge in [-0.15, -0.1) is 0 Å². The van der Waals surface area contributed by atoms with E-state index in [1.54, 1.807) is 67.6 Å². The minimum atomic E-state index is -1.70. The predicted molar refractivity (Wildman–Crippen MR) is 136 cm³/mol. The summed E-state index contributed by atoms with van der Waals surface area (Å²) >= 11 is 0. The van der Waals surface area contributed by atoms with Crippen molar-refractivity contribution in [1.29, 1.82) is 0 Å². The average molecular weight is 586 g/mol. The van der Waals surface area contributed by atoms with Crippen molar-refractivity contribution in [1.82, 2.24) is 5.23 Å². The second kappa shape index (κ2) is 9.51. The number of hydrogen-bond acceptors (Lipinski definition) is 13. The molecule has 2 saturated carbocycles. The maximum absolute atomic E-state index is 12.8. The Hall–Kier alpha value is -2.98. The number of aliphatic hydroxyl groups excluding tert-OH is 3. The first-order chi connectivity index (χ1) is 20.0. The summed E-state index contributed by atoms with van der Waals surface area (Å²) in [5.41, 5.74) is -2.95. The molecule has 0 radical (unpaired) electrons. The Balaban J connectivity index is 1.12. The maximum atomic E-state index is 12.8. The van der Waals surface area contributed by atoms with Crippen LogP contribution in [0.2, 0.25) is 0 Å². The monoisotopic (exact) mass is 585 g/mol. The van der Waals surface area contributed by atoms with E-state index in [1.165, 1.54) is 0 Å². The molecule has 0 spiro atoms. The van der Waals surface area contributed by atoms with E-state index in [1.807, 2.05) is 0 Å². The van der Waals surface area contributed by atoms with Gasteiger partial charge in [0.25, 0.3) is 0 Å². The number of nitrogens with zero attached hydrogens (tertiary/aromatic N) is 1. The SMILES string of the molecule is C[C@]12ON1O[C@]1(O)C[C@]3(COC(=O)c4ccccc4)[C@H]1C[C@@]32O[C@@H]1OC(COC(=O)c2ccccc2)[C@@H](O)[C@H](O)C1O. The van der Waals surface area contributed by atoms with Gasteiger partial charge in [0.15, 0.2) is 12.1 Å². The number of hydrogen-bond donors (Lipinski definition) is 4. The Bertz CT molecular complexity index is 1380. The van der Waals surface area contributed by atoms with Gasteiger partial charge >= 0.3 is 11.9 Å². The summed E-state index contributed by atoms with van der Waals surface area (Å²) in [5, 5.41) is 44.5. The molecule has 0 aromatic heterocycles. The van der Waals surface area contributed by atoms with Crippen LogP contribution in [0.5, 0.6) is 0 Å². The number of hydroxylamine groups is 2. The molecule has 11 atom stereocenters. The summed E-state index contributed by atoms with van der Waals surface area (Å²) in [6.07, 6.45) is -7.52. The van der Waals surface area contributed by atoms with Crippen LogP contribution in [0.1, 0.15) is 40.5 Å². The van der Waals surface area contributed by atoms with Gasteiger partial charge < -0.3 is 39.4 Å². The minimum Gasteiger partial charge on any atom is -0.461 e. The van der Waals surface area contributed by atoms with Crippen LogP contribution in [-0.4, -0.2) is 98.6 Å². The number of rotatable bonds is 8. The zero-order chi connectivity index (χ0) is 29.5. The lowest BCUT2D eigenvalue weighted by atomic mass is 9.36. The van der Waals surface area contributed by atoms with E-state index in [-0.39, 0.29) is 25.0 Å². The molecule has 0 amide bonds. The molecule has 4 N–H and O–H groups in total. The molecule has 2 aliphatic carbocycles. The second-order valence-corrected chi connectivity index (χ2v) is 11.7. The summed E-state index contributed by atoms with van der Waals surface area (Å²) in [6.45, 7) is 1.08. The van der Waals surface area contributed by atoms with E-state index >= 15 is 0 Å². The second-order valence-electron chi connectivity index (χ2n) is 11.7. The highest BCUT2D eigenvalue weighted by molar-refractivity contribution is 5.89. The molecule has 42 heavy (non-hydrogen) atoms. The van der Waals surface area contributed by atoms with Crippen molar-refractivity contribution in [2.45, 2.75) is 67.6 Å². The molecular weight excluding hydrogens is 554 g/mol. The van der Waals surface area contributed by atoms with Crippen molar-refractivity contribution in [2.75, 3.05) is 13.2 Å². The van der Waals surface area contributed by atoms with Crippen LogP contribution in [0, 0.1) is 11.3 Å². The molecule has 13 nitrogen and oxygen atoms in total. The zero-order valence-electron chi connectivity index (χ0n) is 22.6. The Labute approximate surface area is 240 Å². The lowest BCUT2D eigenvalue weighted by Crippen LogP contribution is -2.84. The topological polar surface area (TPSA) is 177 Å². The number of carbonyl (C=O) groups excluding carboxylic acids is 2. The molecular formula is C29H31NO12. The standard InChI is InChI=1S/C29H31NO12/c1-26-29(40-25-22(33)21(32)20(31)18(39-25)13-37-23(34)16-8-4-2-5-9-16)12-19-27(29,14-28(19,36)42-30(26)41-26)15-38-24(35)17-10-6-3-7-11-17/h2-11,18-22,25,31-33,36H,12-15H2,1H3/t18?,19-,20-,21+,22?,25+,26-,27+,28-,29+,30?/m1/s1. The van der Waals surface area contributed by atoms with Crippen LogP contribution in [0.15, 0.2) is 60.7 Å². The number of aliphatic hydroxyl groups is 4. The highest BCUT2D eigenvalue weighted by atomic mass is 17.1. The molecule has 4 saturated heterocycles. The fraction of sp³-hybridized carbons (Fsp3) is 0.517. The maximum Gasteiger partial charge on any atom is 0.338 e. The van der Waals surface area contributed by atoms with Crippen molar-refractivity contribution in [3.63, 3.8) is 0 Å². The third-order valence-electron chi connectivity index (χ3n) is 9.49. The van der Waals surface area contributed by atoms with Gasteiger partial charge in [-0.05, 0) is 42.8 Å². The van der Waals surface area contributed by atoms with E-state index in [0.717, 1.165) is 5.23 Å². The molecule has 224 valence electrons. The van der Waals surface area contributed by atoms with E-state index in [9.17, 15) is 30.0 Å². The van der Waals surface area contributed by atoms with Gasteiger partial charge in [-0.25, -0.2) is 19.3 Å². The molecule has 2 aromatic carbocycles. The quantitative estimate of drug-likeness (QED) is 0.246. The van der Waals surface area contributed by atoms with Crippen molar-refractivity contribution in [3.05, 3.63) is 71.8 Å². The van der Waals surface area contributed by atoms with Gasteiger partial charge in [-0.2, -0.15) is 0 Å². The Morgan fingerprint density at radius 1 is 0.905 bits per heavy atom. The third kappa shape index (κ3) is 3.83. The van der Waals surface area contributed by atoms with Crippen LogP contribution < -0.4 is 0 Å². The van der Waals surface area contributed by atoms with Crippen LogP contribution >= 0.6 is 0 Å². The minimum absolute atomic E-state index is 0.0360. The normalized spacial score (nSPS) is 44.5. The number of carbonyl (C=O) groups is 2. The Morgan fingerprint density at radius 2 is 1.52 bits per heavy atom. The first-order valence-electron chi connectivity index (χ1n) is 13.8. The molecule has 4 aliphatic heterocycles. The van der Waals surface area contributed by atoms with Crippen molar-refractivity contribution in [2.24, 2.45) is 11.3 Å². The van der Waals surface area contributed by atoms with Gasteiger partial charge in [0.1, 0.15) is 43.2 Å². The molecule has 4 bridgehead atoms. The van der Waals surface area contributed by atoms with E-state index < -0.39 is 77.7 Å². The third-order valence-corrected chi connectivity index (χ3v) is 9.49. The molecule has 13 heteroatoms. The van der Waals surface area contributed by atoms with Crippen LogP contribution in [0.3, 0.4) is 0 Å².